The van der Waals surface area contributed by atoms with Crippen molar-refractivity contribution in [1.29, 1.82) is 0 Å². The third-order valence-electron chi connectivity index (χ3n) is 2.74. The normalized spacial score (nSPS) is 11.1. The van der Waals surface area contributed by atoms with E-state index in [4.69, 9.17) is 0 Å². The minimum atomic E-state index is -4.36. The summed E-state index contributed by atoms with van der Waals surface area (Å²) in [7, 11) is 0. The van der Waals surface area contributed by atoms with Crippen molar-refractivity contribution in [2.45, 2.75) is 19.0 Å². The summed E-state index contributed by atoms with van der Waals surface area (Å²) in [5.74, 6) is -0.513. The molecule has 0 aliphatic rings. The molecule has 1 aromatic carbocycles. The van der Waals surface area contributed by atoms with Gasteiger partial charge in [-0.2, -0.15) is 13.2 Å². The van der Waals surface area contributed by atoms with Gasteiger partial charge in [-0.05, 0) is 18.6 Å². The molecule has 1 rings (SSSR count). The lowest BCUT2D eigenvalue weighted by molar-refractivity contribution is -0.173. The van der Waals surface area contributed by atoms with E-state index in [0.29, 0.717) is 18.5 Å². The quantitative estimate of drug-likeness (QED) is 0.679. The number of nitrogens with one attached hydrogen (secondary N) is 2. The zero-order valence-corrected chi connectivity index (χ0v) is 12.5. The predicted molar refractivity (Wildman–Crippen MR) is 77.9 cm³/mol. The Morgan fingerprint density at radius 3 is 2.39 bits per heavy atom. The van der Waals surface area contributed by atoms with E-state index in [2.05, 4.69) is 15.4 Å². The van der Waals surface area contributed by atoms with E-state index in [1.807, 2.05) is 0 Å². The Morgan fingerprint density at radius 2 is 1.74 bits per heavy atom. The van der Waals surface area contributed by atoms with Gasteiger partial charge in [-0.15, -0.1) is 0 Å². The summed E-state index contributed by atoms with van der Waals surface area (Å²) in [6.07, 6.45) is -3.75. The van der Waals surface area contributed by atoms with E-state index < -0.39 is 12.8 Å². The maximum Gasteiger partial charge on any atom is 0.411 e. The summed E-state index contributed by atoms with van der Waals surface area (Å²) in [4.78, 5) is 23.1. The summed E-state index contributed by atoms with van der Waals surface area (Å²) in [6.45, 7) is -1.17. The molecule has 0 aromatic heterocycles. The van der Waals surface area contributed by atoms with Crippen LogP contribution in [0.2, 0.25) is 0 Å². The largest absolute Gasteiger partial charge is 0.411 e. The van der Waals surface area contributed by atoms with Crippen LogP contribution >= 0.6 is 0 Å². The number of alkyl halides is 3. The van der Waals surface area contributed by atoms with Crippen LogP contribution in [0.3, 0.4) is 0 Å². The number of carbonyl (C=O) groups is 2. The third kappa shape index (κ3) is 9.51. The van der Waals surface area contributed by atoms with Gasteiger partial charge in [0.05, 0.1) is 6.61 Å². The Balaban J connectivity index is 2.03. The SMILES string of the molecule is O=C(CCCNC(=O)c1ccccc1)NCCOCC(F)(F)F. The molecule has 0 heterocycles. The Labute approximate surface area is 132 Å². The van der Waals surface area contributed by atoms with E-state index in [0.717, 1.165) is 0 Å². The summed E-state index contributed by atoms with van der Waals surface area (Å²) in [6, 6.07) is 8.68. The van der Waals surface area contributed by atoms with Gasteiger partial charge in [-0.1, -0.05) is 18.2 Å². The van der Waals surface area contributed by atoms with Gasteiger partial charge >= 0.3 is 6.18 Å². The molecule has 0 spiro atoms. The van der Waals surface area contributed by atoms with Crippen molar-refractivity contribution in [2.75, 3.05) is 26.3 Å². The number of benzene rings is 1. The van der Waals surface area contributed by atoms with Crippen LogP contribution in [-0.2, 0) is 9.53 Å². The lowest BCUT2D eigenvalue weighted by Crippen LogP contribution is -2.30. The predicted octanol–water partition coefficient (Wildman–Crippen LogP) is 1.89. The number of carbonyl (C=O) groups excluding carboxylic acids is 2. The summed E-state index contributed by atoms with van der Waals surface area (Å²) in [5.41, 5.74) is 0.541. The summed E-state index contributed by atoms with van der Waals surface area (Å²) in [5, 5.41) is 5.12. The van der Waals surface area contributed by atoms with E-state index in [1.54, 1.807) is 30.3 Å². The average Bonchev–Trinajstić information content (AvgIpc) is 2.50. The number of ether oxygens (including phenoxy) is 1. The number of rotatable bonds is 9. The summed E-state index contributed by atoms with van der Waals surface area (Å²) < 4.78 is 39.7. The van der Waals surface area contributed by atoms with Crippen LogP contribution in [0.1, 0.15) is 23.2 Å². The smallest absolute Gasteiger partial charge is 0.370 e. The van der Waals surface area contributed by atoms with Gasteiger partial charge < -0.3 is 15.4 Å². The van der Waals surface area contributed by atoms with Gasteiger partial charge in [0.1, 0.15) is 6.61 Å². The average molecular weight is 332 g/mol. The first-order chi connectivity index (χ1) is 10.9. The van der Waals surface area contributed by atoms with Gasteiger partial charge in [0, 0.05) is 25.1 Å². The third-order valence-corrected chi connectivity index (χ3v) is 2.74. The standard InChI is InChI=1S/C15H19F3N2O3/c16-15(17,18)11-23-10-9-19-13(21)7-4-8-20-14(22)12-5-2-1-3-6-12/h1-3,5-6H,4,7-11H2,(H,19,21)(H,20,22). The monoisotopic (exact) mass is 332 g/mol. The van der Waals surface area contributed by atoms with Crippen molar-refractivity contribution in [3.63, 3.8) is 0 Å². The zero-order chi connectivity index (χ0) is 17.1. The molecule has 2 N–H and O–H groups in total. The maximum absolute atomic E-state index is 11.8. The highest BCUT2D eigenvalue weighted by Gasteiger charge is 2.27. The van der Waals surface area contributed by atoms with Crippen molar-refractivity contribution >= 4 is 11.8 Å². The lowest BCUT2D eigenvalue weighted by atomic mass is 10.2. The molecule has 0 aliphatic heterocycles. The van der Waals surface area contributed by atoms with Crippen LogP contribution in [0, 0.1) is 0 Å². The second-order valence-corrected chi connectivity index (χ2v) is 4.74. The molecule has 8 heteroatoms. The Kier molecular flexibility index (Phi) is 8.10. The minimum Gasteiger partial charge on any atom is -0.370 e. The van der Waals surface area contributed by atoms with E-state index in [1.165, 1.54) is 0 Å². The highest BCUT2D eigenvalue weighted by atomic mass is 19.4. The van der Waals surface area contributed by atoms with E-state index in [9.17, 15) is 22.8 Å². The molecule has 0 bridgehead atoms. The van der Waals surface area contributed by atoms with Crippen molar-refractivity contribution in [2.24, 2.45) is 0 Å². The molecule has 5 nitrogen and oxygen atoms in total. The Hall–Kier alpha value is -2.09. The molecule has 0 saturated carbocycles. The second kappa shape index (κ2) is 9.83. The number of halogens is 3. The van der Waals surface area contributed by atoms with Crippen LogP contribution < -0.4 is 10.6 Å². The van der Waals surface area contributed by atoms with Crippen molar-refractivity contribution in [1.82, 2.24) is 10.6 Å². The molecular formula is C15H19F3N2O3. The minimum absolute atomic E-state index is 0.0191. The second-order valence-electron chi connectivity index (χ2n) is 4.74. The molecule has 0 unspecified atom stereocenters. The fourth-order valence-corrected chi connectivity index (χ4v) is 1.68. The van der Waals surface area contributed by atoms with Crippen molar-refractivity contribution < 1.29 is 27.5 Å². The molecule has 0 aliphatic carbocycles. The lowest BCUT2D eigenvalue weighted by Gasteiger charge is -2.09. The molecule has 0 fully saturated rings. The molecular weight excluding hydrogens is 313 g/mol. The molecule has 0 saturated heterocycles. The van der Waals surface area contributed by atoms with Crippen molar-refractivity contribution in [3.05, 3.63) is 35.9 Å². The molecule has 0 radical (unpaired) electrons. The number of hydrogen-bond donors (Lipinski definition) is 2. The van der Waals surface area contributed by atoms with Gasteiger partial charge in [0.15, 0.2) is 0 Å². The summed E-state index contributed by atoms with van der Waals surface area (Å²) >= 11 is 0. The molecule has 128 valence electrons. The van der Waals surface area contributed by atoms with Crippen LogP contribution in [0.15, 0.2) is 30.3 Å². The molecule has 2 amide bonds. The fraction of sp³-hybridized carbons (Fsp3) is 0.467. The van der Waals surface area contributed by atoms with Gasteiger partial charge in [-0.3, -0.25) is 9.59 Å². The van der Waals surface area contributed by atoms with Crippen LogP contribution in [0.5, 0.6) is 0 Å². The zero-order valence-electron chi connectivity index (χ0n) is 12.5. The van der Waals surface area contributed by atoms with Crippen molar-refractivity contribution in [3.8, 4) is 0 Å². The van der Waals surface area contributed by atoms with Crippen LogP contribution in [-0.4, -0.2) is 44.3 Å². The highest BCUT2D eigenvalue weighted by molar-refractivity contribution is 5.94. The Morgan fingerprint density at radius 1 is 1.04 bits per heavy atom. The van der Waals surface area contributed by atoms with Crippen LogP contribution in [0.4, 0.5) is 13.2 Å². The maximum atomic E-state index is 11.8. The van der Waals surface area contributed by atoms with Gasteiger partial charge in [0.2, 0.25) is 5.91 Å². The molecule has 1 aromatic rings. The number of amides is 2. The fourth-order valence-electron chi connectivity index (χ4n) is 1.68. The topological polar surface area (TPSA) is 67.4 Å². The molecule has 23 heavy (non-hydrogen) atoms. The van der Waals surface area contributed by atoms with Crippen LogP contribution in [0.25, 0.3) is 0 Å². The molecule has 0 atom stereocenters. The van der Waals surface area contributed by atoms with Gasteiger partial charge in [-0.25, -0.2) is 0 Å². The highest BCUT2D eigenvalue weighted by Crippen LogP contribution is 2.13. The van der Waals surface area contributed by atoms with Gasteiger partial charge in [0.25, 0.3) is 5.91 Å². The first-order valence-electron chi connectivity index (χ1n) is 7.13. The van der Waals surface area contributed by atoms with E-state index >= 15 is 0 Å². The first kappa shape index (κ1) is 19.0. The Bertz CT molecular complexity index is 492. The number of hydrogen-bond acceptors (Lipinski definition) is 3. The van der Waals surface area contributed by atoms with E-state index in [-0.39, 0.29) is 31.4 Å². The first-order valence-corrected chi connectivity index (χ1v) is 7.13.